The van der Waals surface area contributed by atoms with Crippen molar-refractivity contribution in [3.63, 3.8) is 0 Å². The topological polar surface area (TPSA) is 84.9 Å². The third-order valence-corrected chi connectivity index (χ3v) is 6.71. The number of benzene rings is 1. The van der Waals surface area contributed by atoms with E-state index >= 15 is 0 Å². The number of ether oxygens (including phenoxy) is 2. The van der Waals surface area contributed by atoms with Crippen LogP contribution in [0.25, 0.3) is 0 Å². The predicted molar refractivity (Wildman–Crippen MR) is 96.9 cm³/mol. The minimum absolute atomic E-state index is 0.0672. The highest BCUT2D eigenvalue weighted by Gasteiger charge is 2.27. The third-order valence-electron chi connectivity index (χ3n) is 4.52. The van der Waals surface area contributed by atoms with Crippen LogP contribution in [0.3, 0.4) is 0 Å². The van der Waals surface area contributed by atoms with Gasteiger partial charge in [0.1, 0.15) is 5.75 Å². The van der Waals surface area contributed by atoms with Crippen molar-refractivity contribution in [3.8, 4) is 5.75 Å². The third kappa shape index (κ3) is 4.68. The molecule has 2 fully saturated rings. The minimum Gasteiger partial charge on any atom is -0.482 e. The maximum atomic E-state index is 12.5. The van der Waals surface area contributed by atoms with Crippen LogP contribution >= 0.6 is 11.6 Å². The van der Waals surface area contributed by atoms with Crippen LogP contribution in [0.2, 0.25) is 5.02 Å². The van der Waals surface area contributed by atoms with Crippen LogP contribution in [0.4, 0.5) is 0 Å². The summed E-state index contributed by atoms with van der Waals surface area (Å²) in [7, 11) is -3.53. The zero-order chi connectivity index (χ0) is 18.6. The van der Waals surface area contributed by atoms with Crippen molar-refractivity contribution in [1.29, 1.82) is 0 Å². The van der Waals surface area contributed by atoms with Crippen LogP contribution in [0.15, 0.2) is 23.1 Å². The Kier molecular flexibility index (Phi) is 6.39. The molecule has 2 heterocycles. The molecular formula is C17H23ClN2O5S. The number of amides is 1. The molecule has 0 spiro atoms. The molecule has 3 rings (SSSR count). The van der Waals surface area contributed by atoms with Crippen molar-refractivity contribution in [2.45, 2.75) is 36.7 Å². The number of halogens is 1. The van der Waals surface area contributed by atoms with E-state index in [1.54, 1.807) is 0 Å². The lowest BCUT2D eigenvalue weighted by molar-refractivity contribution is -0.123. The number of hydrogen-bond acceptors (Lipinski definition) is 5. The summed E-state index contributed by atoms with van der Waals surface area (Å²) in [5.41, 5.74) is 0. The molecule has 7 nitrogen and oxygen atoms in total. The van der Waals surface area contributed by atoms with Gasteiger partial charge in [0.15, 0.2) is 6.61 Å². The Hall–Kier alpha value is -1.35. The lowest BCUT2D eigenvalue weighted by Gasteiger charge is -2.16. The average molecular weight is 403 g/mol. The second-order valence-corrected chi connectivity index (χ2v) is 8.78. The number of sulfonamides is 1. The van der Waals surface area contributed by atoms with Crippen LogP contribution in [0.1, 0.15) is 25.7 Å². The fraction of sp³-hybridized carbons (Fsp3) is 0.588. The van der Waals surface area contributed by atoms with Gasteiger partial charge in [0.05, 0.1) is 16.0 Å². The summed E-state index contributed by atoms with van der Waals surface area (Å²) in [5.74, 6) is 0.00429. The second kappa shape index (κ2) is 8.56. The van der Waals surface area contributed by atoms with Crippen molar-refractivity contribution in [1.82, 2.24) is 9.62 Å². The summed E-state index contributed by atoms with van der Waals surface area (Å²) >= 11 is 6.15. The Morgan fingerprint density at radius 3 is 2.73 bits per heavy atom. The monoisotopic (exact) mass is 402 g/mol. The molecule has 26 heavy (non-hydrogen) atoms. The molecular weight excluding hydrogens is 380 g/mol. The van der Waals surface area contributed by atoms with E-state index in [4.69, 9.17) is 21.1 Å². The Morgan fingerprint density at radius 2 is 2.08 bits per heavy atom. The van der Waals surface area contributed by atoms with E-state index in [1.165, 1.54) is 22.5 Å². The first-order valence-electron chi connectivity index (χ1n) is 8.77. The highest BCUT2D eigenvalue weighted by atomic mass is 35.5. The second-order valence-electron chi connectivity index (χ2n) is 6.43. The zero-order valence-corrected chi connectivity index (χ0v) is 16.0. The molecule has 2 aliphatic heterocycles. The molecule has 1 atom stereocenters. The van der Waals surface area contributed by atoms with E-state index < -0.39 is 10.0 Å². The molecule has 1 unspecified atom stereocenters. The molecule has 0 aromatic heterocycles. The van der Waals surface area contributed by atoms with Crippen LogP contribution < -0.4 is 10.1 Å². The van der Waals surface area contributed by atoms with Crippen molar-refractivity contribution < 1.29 is 22.7 Å². The van der Waals surface area contributed by atoms with Gasteiger partial charge in [0.25, 0.3) is 5.91 Å². The number of rotatable bonds is 7. The zero-order valence-electron chi connectivity index (χ0n) is 14.4. The van der Waals surface area contributed by atoms with Crippen LogP contribution in [0, 0.1) is 0 Å². The van der Waals surface area contributed by atoms with Crippen LogP contribution in [0.5, 0.6) is 5.75 Å². The predicted octanol–water partition coefficient (Wildman–Crippen LogP) is 1.80. The molecule has 0 aliphatic carbocycles. The highest BCUT2D eigenvalue weighted by molar-refractivity contribution is 7.89. The average Bonchev–Trinajstić information content (AvgIpc) is 3.32. The van der Waals surface area contributed by atoms with Gasteiger partial charge in [-0.25, -0.2) is 8.42 Å². The van der Waals surface area contributed by atoms with E-state index in [2.05, 4.69) is 5.32 Å². The summed E-state index contributed by atoms with van der Waals surface area (Å²) in [6.45, 7) is 2.07. The first-order chi connectivity index (χ1) is 12.5. The number of nitrogens with zero attached hydrogens (tertiary/aromatic N) is 1. The Labute approximate surface area is 158 Å². The molecule has 2 aliphatic rings. The van der Waals surface area contributed by atoms with Gasteiger partial charge in [-0.2, -0.15) is 4.31 Å². The molecule has 1 aromatic carbocycles. The first kappa shape index (κ1) is 19.4. The summed E-state index contributed by atoms with van der Waals surface area (Å²) in [4.78, 5) is 12.0. The normalized spacial score (nSPS) is 21.0. The van der Waals surface area contributed by atoms with Crippen molar-refractivity contribution in [2.75, 3.05) is 32.8 Å². The smallest absolute Gasteiger partial charge is 0.258 e. The van der Waals surface area contributed by atoms with Gasteiger partial charge < -0.3 is 14.8 Å². The van der Waals surface area contributed by atoms with Crippen molar-refractivity contribution >= 4 is 27.5 Å². The Morgan fingerprint density at radius 1 is 1.31 bits per heavy atom. The SMILES string of the molecule is O=C(COc1ccc(S(=O)(=O)N2CCCC2)cc1Cl)NCC1CCCO1. The summed E-state index contributed by atoms with van der Waals surface area (Å²) in [6, 6.07) is 4.31. The first-order valence-corrected chi connectivity index (χ1v) is 10.6. The van der Waals surface area contributed by atoms with Gasteiger partial charge in [-0.05, 0) is 43.9 Å². The molecule has 9 heteroatoms. The fourth-order valence-electron chi connectivity index (χ4n) is 3.06. The van der Waals surface area contributed by atoms with Gasteiger partial charge in [-0.1, -0.05) is 11.6 Å². The largest absolute Gasteiger partial charge is 0.482 e. The highest BCUT2D eigenvalue weighted by Crippen LogP contribution is 2.29. The molecule has 0 radical (unpaired) electrons. The molecule has 144 valence electrons. The summed E-state index contributed by atoms with van der Waals surface area (Å²) in [6.07, 6.45) is 3.77. The van der Waals surface area contributed by atoms with Crippen LogP contribution in [-0.2, 0) is 19.6 Å². The van der Waals surface area contributed by atoms with E-state index in [0.29, 0.717) is 19.6 Å². The molecule has 1 N–H and O–H groups in total. The quantitative estimate of drug-likeness (QED) is 0.751. The van der Waals surface area contributed by atoms with E-state index in [1.807, 2.05) is 0 Å². The number of nitrogens with one attached hydrogen (secondary N) is 1. The standard InChI is InChI=1S/C17H23ClN2O5S/c18-15-10-14(26(22,23)20-7-1-2-8-20)5-6-16(15)25-12-17(21)19-11-13-4-3-9-24-13/h5-6,10,13H,1-4,7-9,11-12H2,(H,19,21). The van der Waals surface area contributed by atoms with Crippen molar-refractivity contribution in [2.24, 2.45) is 0 Å². The van der Waals surface area contributed by atoms with Gasteiger partial charge in [-0.15, -0.1) is 0 Å². The Bertz CT molecular complexity index is 744. The Balaban J connectivity index is 1.54. The van der Waals surface area contributed by atoms with Gasteiger partial charge >= 0.3 is 0 Å². The lowest BCUT2D eigenvalue weighted by atomic mass is 10.2. The van der Waals surface area contributed by atoms with E-state index in [-0.39, 0.29) is 34.3 Å². The molecule has 0 saturated carbocycles. The molecule has 1 aromatic rings. The summed E-state index contributed by atoms with van der Waals surface area (Å²) < 4.78 is 37.4. The maximum Gasteiger partial charge on any atom is 0.258 e. The van der Waals surface area contributed by atoms with Crippen molar-refractivity contribution in [3.05, 3.63) is 23.2 Å². The molecule has 1 amide bonds. The lowest BCUT2D eigenvalue weighted by Crippen LogP contribution is -2.35. The van der Waals surface area contributed by atoms with E-state index in [0.717, 1.165) is 32.3 Å². The number of hydrogen-bond donors (Lipinski definition) is 1. The summed E-state index contributed by atoms with van der Waals surface area (Å²) in [5, 5.41) is 2.92. The number of carbonyl (C=O) groups is 1. The van der Waals surface area contributed by atoms with Gasteiger partial charge in [0, 0.05) is 26.2 Å². The number of carbonyl (C=O) groups excluding carboxylic acids is 1. The van der Waals surface area contributed by atoms with Gasteiger partial charge in [-0.3, -0.25) is 4.79 Å². The maximum absolute atomic E-state index is 12.5. The van der Waals surface area contributed by atoms with E-state index in [9.17, 15) is 13.2 Å². The minimum atomic E-state index is -3.53. The van der Waals surface area contributed by atoms with Gasteiger partial charge in [0.2, 0.25) is 10.0 Å². The fourth-order valence-corrected chi connectivity index (χ4v) is 4.91. The molecule has 0 bridgehead atoms. The molecule has 2 saturated heterocycles. The van der Waals surface area contributed by atoms with Crippen LogP contribution in [-0.4, -0.2) is 57.6 Å².